The van der Waals surface area contributed by atoms with Crippen LogP contribution in [0, 0.1) is 5.92 Å². The minimum absolute atomic E-state index is 0.228. The fraction of sp³-hybridized carbons (Fsp3) is 0.500. The Morgan fingerprint density at radius 1 is 1.32 bits per heavy atom. The van der Waals surface area contributed by atoms with Gasteiger partial charge in [-0.1, -0.05) is 6.07 Å². The smallest absolute Gasteiger partial charge is 0.410 e. The summed E-state index contributed by atoms with van der Waals surface area (Å²) in [5.41, 5.74) is 0.503. The number of benzene rings is 1. The highest BCUT2D eigenvalue weighted by atomic mass is 16.6. The van der Waals surface area contributed by atoms with E-state index < -0.39 is 5.60 Å². The maximum atomic E-state index is 12.2. The molecule has 0 radical (unpaired) electrons. The number of fused-ring (bicyclic) bond motifs is 1. The molecule has 0 unspecified atom stereocenters. The summed E-state index contributed by atoms with van der Waals surface area (Å²) < 4.78 is 11.5. The van der Waals surface area contributed by atoms with Crippen molar-refractivity contribution in [3.63, 3.8) is 0 Å². The van der Waals surface area contributed by atoms with Gasteiger partial charge in [0.15, 0.2) is 0 Å². The largest absolute Gasteiger partial charge is 0.493 e. The maximum absolute atomic E-state index is 12.2. The molecule has 1 saturated heterocycles. The summed E-state index contributed by atoms with van der Waals surface area (Å²) in [4.78, 5) is 18.4. The van der Waals surface area contributed by atoms with Crippen LogP contribution in [0.25, 0.3) is 10.9 Å². The van der Waals surface area contributed by atoms with E-state index in [-0.39, 0.29) is 6.09 Å². The van der Waals surface area contributed by atoms with E-state index >= 15 is 0 Å². The summed E-state index contributed by atoms with van der Waals surface area (Å²) in [6, 6.07) is 9.88. The lowest BCUT2D eigenvalue weighted by Crippen LogP contribution is -2.44. The molecule has 0 aliphatic carbocycles. The van der Waals surface area contributed by atoms with Crippen LogP contribution in [0.2, 0.25) is 0 Å². The molecule has 5 heteroatoms. The predicted octanol–water partition coefficient (Wildman–Crippen LogP) is 4.26. The first-order valence-corrected chi connectivity index (χ1v) is 8.86. The lowest BCUT2D eigenvalue weighted by atomic mass is 9.99. The van der Waals surface area contributed by atoms with Gasteiger partial charge in [-0.15, -0.1) is 0 Å². The Morgan fingerprint density at radius 2 is 2.16 bits per heavy atom. The number of rotatable bonds is 3. The van der Waals surface area contributed by atoms with Gasteiger partial charge in [-0.2, -0.15) is 0 Å². The van der Waals surface area contributed by atoms with Gasteiger partial charge in [-0.3, -0.25) is 4.98 Å². The Morgan fingerprint density at radius 3 is 2.96 bits per heavy atom. The lowest BCUT2D eigenvalue weighted by molar-refractivity contribution is 0.0139. The second-order valence-corrected chi connectivity index (χ2v) is 7.60. The highest BCUT2D eigenvalue weighted by Gasteiger charge is 2.27. The molecule has 1 amide bonds. The summed E-state index contributed by atoms with van der Waals surface area (Å²) in [6.07, 6.45) is 3.61. The topological polar surface area (TPSA) is 51.7 Å². The van der Waals surface area contributed by atoms with E-state index in [0.29, 0.717) is 19.1 Å². The Hall–Kier alpha value is -2.30. The van der Waals surface area contributed by atoms with Crippen LogP contribution >= 0.6 is 0 Å². The standard InChI is InChI=1S/C20H26N2O3/c1-20(2,3)25-19(23)22-11-5-6-15(13-22)14-24-17-8-9-18-16(12-17)7-4-10-21-18/h4,7-10,12,15H,5-6,11,13-14H2,1-3H3/t15-/m0/s1. The number of nitrogens with zero attached hydrogens (tertiary/aromatic N) is 2. The fourth-order valence-electron chi connectivity index (χ4n) is 3.05. The Bertz CT molecular complexity index is 739. The molecular weight excluding hydrogens is 316 g/mol. The van der Waals surface area contributed by atoms with Gasteiger partial charge in [0.1, 0.15) is 11.4 Å². The van der Waals surface area contributed by atoms with Gasteiger partial charge in [-0.05, 0) is 57.9 Å². The van der Waals surface area contributed by atoms with E-state index in [9.17, 15) is 4.79 Å². The number of hydrogen-bond donors (Lipinski definition) is 0. The van der Waals surface area contributed by atoms with Crippen molar-refractivity contribution < 1.29 is 14.3 Å². The third-order valence-corrected chi connectivity index (χ3v) is 4.23. The number of hydrogen-bond acceptors (Lipinski definition) is 4. The summed E-state index contributed by atoms with van der Waals surface area (Å²) >= 11 is 0. The van der Waals surface area contributed by atoms with Crippen molar-refractivity contribution >= 4 is 17.0 Å². The van der Waals surface area contributed by atoms with Crippen LogP contribution in [0.4, 0.5) is 4.79 Å². The monoisotopic (exact) mass is 342 g/mol. The molecule has 0 N–H and O–H groups in total. The van der Waals surface area contributed by atoms with Crippen LogP contribution in [0.15, 0.2) is 36.5 Å². The number of piperidine rings is 1. The number of ether oxygens (including phenoxy) is 2. The van der Waals surface area contributed by atoms with Gasteiger partial charge >= 0.3 is 6.09 Å². The summed E-state index contributed by atoms with van der Waals surface area (Å²) in [6.45, 7) is 7.72. The number of pyridine rings is 1. The van der Waals surface area contributed by atoms with Crippen LogP contribution in [0.1, 0.15) is 33.6 Å². The second kappa shape index (κ2) is 7.30. The molecule has 1 aromatic carbocycles. The van der Waals surface area contributed by atoms with Crippen LogP contribution in [0.5, 0.6) is 5.75 Å². The molecule has 0 bridgehead atoms. The molecule has 134 valence electrons. The molecule has 1 aliphatic heterocycles. The van der Waals surface area contributed by atoms with Gasteiger partial charge in [0.05, 0.1) is 12.1 Å². The quantitative estimate of drug-likeness (QED) is 0.836. The normalized spacial score (nSPS) is 18.2. The average Bonchev–Trinajstić information content (AvgIpc) is 2.58. The van der Waals surface area contributed by atoms with Crippen LogP contribution in [-0.2, 0) is 4.74 Å². The fourth-order valence-corrected chi connectivity index (χ4v) is 3.05. The third kappa shape index (κ3) is 4.84. The average molecular weight is 342 g/mol. The second-order valence-electron chi connectivity index (χ2n) is 7.60. The Labute approximate surface area is 148 Å². The first-order chi connectivity index (χ1) is 11.9. The molecule has 1 aliphatic rings. The maximum Gasteiger partial charge on any atom is 0.410 e. The Balaban J connectivity index is 1.56. The van der Waals surface area contributed by atoms with Crippen molar-refractivity contribution in [2.45, 2.75) is 39.2 Å². The molecule has 1 fully saturated rings. The molecule has 25 heavy (non-hydrogen) atoms. The number of likely N-dealkylation sites (tertiary alicyclic amines) is 1. The molecular formula is C20H26N2O3. The first kappa shape index (κ1) is 17.5. The SMILES string of the molecule is CC(C)(C)OC(=O)N1CCC[C@H](COc2ccc3ncccc3c2)C1. The van der Waals surface area contributed by atoms with Crippen LogP contribution in [0.3, 0.4) is 0 Å². The molecule has 0 saturated carbocycles. The van der Waals surface area contributed by atoms with Crippen molar-refractivity contribution in [2.75, 3.05) is 19.7 Å². The van der Waals surface area contributed by atoms with Crippen molar-refractivity contribution in [2.24, 2.45) is 5.92 Å². The van der Waals surface area contributed by atoms with E-state index in [1.165, 1.54) is 0 Å². The van der Waals surface area contributed by atoms with Crippen LogP contribution in [-0.4, -0.2) is 41.3 Å². The zero-order valence-corrected chi connectivity index (χ0v) is 15.2. The van der Waals surface area contributed by atoms with E-state index in [2.05, 4.69) is 4.98 Å². The Kier molecular flexibility index (Phi) is 5.11. The minimum Gasteiger partial charge on any atom is -0.493 e. The highest BCUT2D eigenvalue weighted by Crippen LogP contribution is 2.23. The first-order valence-electron chi connectivity index (χ1n) is 8.86. The zero-order valence-electron chi connectivity index (χ0n) is 15.2. The van der Waals surface area contributed by atoms with Gasteiger partial charge < -0.3 is 14.4 Å². The molecule has 3 rings (SSSR count). The van der Waals surface area contributed by atoms with E-state index in [0.717, 1.165) is 36.0 Å². The molecule has 2 heterocycles. The van der Waals surface area contributed by atoms with E-state index in [1.54, 1.807) is 11.1 Å². The number of aromatic nitrogens is 1. The highest BCUT2D eigenvalue weighted by molar-refractivity contribution is 5.79. The molecule has 5 nitrogen and oxygen atoms in total. The number of amides is 1. The van der Waals surface area contributed by atoms with Gasteiger partial charge in [-0.25, -0.2) is 4.79 Å². The number of carbonyl (C=O) groups excluding carboxylic acids is 1. The van der Waals surface area contributed by atoms with Gasteiger partial charge in [0, 0.05) is 30.6 Å². The van der Waals surface area contributed by atoms with Crippen molar-refractivity contribution in [1.82, 2.24) is 9.88 Å². The molecule has 2 aromatic rings. The lowest BCUT2D eigenvalue weighted by Gasteiger charge is -2.34. The van der Waals surface area contributed by atoms with Crippen molar-refractivity contribution in [3.8, 4) is 5.75 Å². The number of carbonyl (C=O) groups is 1. The minimum atomic E-state index is -0.459. The van der Waals surface area contributed by atoms with Gasteiger partial charge in [0.25, 0.3) is 0 Å². The summed E-state index contributed by atoms with van der Waals surface area (Å²) in [7, 11) is 0. The molecule has 0 spiro atoms. The summed E-state index contributed by atoms with van der Waals surface area (Å²) in [5, 5.41) is 1.07. The summed E-state index contributed by atoms with van der Waals surface area (Å²) in [5.74, 6) is 1.17. The third-order valence-electron chi connectivity index (χ3n) is 4.23. The van der Waals surface area contributed by atoms with Crippen LogP contribution < -0.4 is 4.74 Å². The predicted molar refractivity (Wildman–Crippen MR) is 97.8 cm³/mol. The van der Waals surface area contributed by atoms with E-state index in [4.69, 9.17) is 9.47 Å². The molecule has 1 aromatic heterocycles. The zero-order chi connectivity index (χ0) is 17.9. The van der Waals surface area contributed by atoms with Crippen molar-refractivity contribution in [1.29, 1.82) is 0 Å². The molecule has 1 atom stereocenters. The van der Waals surface area contributed by atoms with Crippen molar-refractivity contribution in [3.05, 3.63) is 36.5 Å². The van der Waals surface area contributed by atoms with E-state index in [1.807, 2.05) is 51.1 Å². The van der Waals surface area contributed by atoms with Gasteiger partial charge in [0.2, 0.25) is 0 Å².